The van der Waals surface area contributed by atoms with Gasteiger partial charge in [0.15, 0.2) is 5.76 Å². The molecule has 0 aliphatic carbocycles. The molecule has 0 unspecified atom stereocenters. The predicted molar refractivity (Wildman–Crippen MR) is 113 cm³/mol. The topological polar surface area (TPSA) is 66.8 Å². The molecule has 3 aromatic heterocycles. The zero-order valence-corrected chi connectivity index (χ0v) is 17.4. The van der Waals surface area contributed by atoms with Gasteiger partial charge >= 0.3 is 0 Å². The fourth-order valence-corrected chi connectivity index (χ4v) is 5.29. The molecule has 0 spiro atoms. The first-order chi connectivity index (χ1) is 14.1. The van der Waals surface area contributed by atoms with Gasteiger partial charge in [-0.3, -0.25) is 4.90 Å². The van der Waals surface area contributed by atoms with Crippen LogP contribution in [0.2, 0.25) is 0 Å². The van der Waals surface area contributed by atoms with Gasteiger partial charge in [0.2, 0.25) is 16.7 Å². The first-order valence-electron chi connectivity index (χ1n) is 10.0. The molecule has 6 nitrogen and oxygen atoms in total. The molecule has 29 heavy (non-hydrogen) atoms. The molecule has 2 atom stereocenters. The number of aryl methyl sites for hydroxylation is 1. The van der Waals surface area contributed by atoms with Gasteiger partial charge in [-0.25, -0.2) is 0 Å². The maximum Gasteiger partial charge on any atom is 0.230 e. The number of aromatic hydroxyl groups is 1. The summed E-state index contributed by atoms with van der Waals surface area (Å²) < 4.78 is 6.93. The molecule has 0 radical (unpaired) electrons. The van der Waals surface area contributed by atoms with Gasteiger partial charge in [-0.15, -0.1) is 5.10 Å². The maximum atomic E-state index is 11.1. The summed E-state index contributed by atoms with van der Waals surface area (Å²) in [6.07, 6.45) is 4.03. The van der Waals surface area contributed by atoms with E-state index in [9.17, 15) is 5.11 Å². The third-order valence-corrected chi connectivity index (χ3v) is 6.71. The van der Waals surface area contributed by atoms with Crippen molar-refractivity contribution in [3.05, 3.63) is 58.7 Å². The molecule has 1 fully saturated rings. The van der Waals surface area contributed by atoms with E-state index in [-0.39, 0.29) is 11.9 Å². The summed E-state index contributed by atoms with van der Waals surface area (Å²) in [5, 5.41) is 15.6. The fourth-order valence-electron chi connectivity index (χ4n) is 4.18. The SMILES string of the molecule is Cc1ccc([C@@H](c2sc3nc(-c4ccco4)nn3c2O)N2CCC[C@H](C)C2)cc1. The smallest absolute Gasteiger partial charge is 0.230 e. The summed E-state index contributed by atoms with van der Waals surface area (Å²) in [7, 11) is 0. The highest BCUT2D eigenvalue weighted by molar-refractivity contribution is 7.17. The lowest BCUT2D eigenvalue weighted by atomic mass is 9.95. The van der Waals surface area contributed by atoms with Gasteiger partial charge in [0.1, 0.15) is 0 Å². The average molecular weight is 409 g/mol. The second-order valence-corrected chi connectivity index (χ2v) is 8.96. The monoisotopic (exact) mass is 408 g/mol. The first-order valence-corrected chi connectivity index (χ1v) is 10.8. The lowest BCUT2D eigenvalue weighted by molar-refractivity contribution is 0.149. The van der Waals surface area contributed by atoms with Crippen molar-refractivity contribution >= 4 is 16.3 Å². The Balaban J connectivity index is 1.59. The number of nitrogens with zero attached hydrogens (tertiary/aromatic N) is 4. The van der Waals surface area contributed by atoms with E-state index < -0.39 is 0 Å². The van der Waals surface area contributed by atoms with Gasteiger partial charge in [-0.2, -0.15) is 9.50 Å². The molecule has 7 heteroatoms. The minimum Gasteiger partial charge on any atom is -0.492 e. The number of hydrogen-bond donors (Lipinski definition) is 1. The number of fused-ring (bicyclic) bond motifs is 1. The minimum atomic E-state index is -0.00101. The number of benzene rings is 1. The van der Waals surface area contributed by atoms with E-state index in [0.29, 0.717) is 22.5 Å². The van der Waals surface area contributed by atoms with Crippen LogP contribution >= 0.6 is 11.3 Å². The number of aromatic nitrogens is 3. The number of thiazole rings is 1. The Morgan fingerprint density at radius 3 is 2.76 bits per heavy atom. The molecule has 0 amide bonds. The summed E-state index contributed by atoms with van der Waals surface area (Å²) in [5.74, 6) is 1.90. The molecule has 4 aromatic rings. The van der Waals surface area contributed by atoms with Crippen LogP contribution in [0, 0.1) is 12.8 Å². The molecular weight excluding hydrogens is 384 g/mol. The Bertz CT molecular complexity index is 1110. The Morgan fingerprint density at radius 2 is 2.07 bits per heavy atom. The van der Waals surface area contributed by atoms with Crippen molar-refractivity contribution in [2.45, 2.75) is 32.7 Å². The lowest BCUT2D eigenvalue weighted by Crippen LogP contribution is -2.37. The van der Waals surface area contributed by atoms with E-state index in [1.54, 1.807) is 12.3 Å². The summed E-state index contributed by atoms with van der Waals surface area (Å²) in [5.41, 5.74) is 2.42. The van der Waals surface area contributed by atoms with Crippen LogP contribution in [-0.2, 0) is 0 Å². The van der Waals surface area contributed by atoms with E-state index in [1.165, 1.54) is 39.8 Å². The molecule has 1 N–H and O–H groups in total. The van der Waals surface area contributed by atoms with Gasteiger partial charge in [-0.05, 0) is 49.9 Å². The van der Waals surface area contributed by atoms with Crippen LogP contribution in [0.1, 0.15) is 41.8 Å². The normalized spacial score (nSPS) is 19.0. The standard InChI is InChI=1S/C22H24N4O2S/c1-14-7-9-16(10-8-14)18(25-11-3-5-15(2)13-25)19-21(27)26-22(29-19)23-20(24-26)17-6-4-12-28-17/h4,6-10,12,15,18,27H,3,5,11,13H2,1-2H3/t15-,18-/m0/s1. The molecule has 1 saturated heterocycles. The number of likely N-dealkylation sites (tertiary alicyclic amines) is 1. The average Bonchev–Trinajstić information content (AvgIpc) is 3.43. The van der Waals surface area contributed by atoms with Crippen LogP contribution in [0.15, 0.2) is 47.1 Å². The predicted octanol–water partition coefficient (Wildman–Crippen LogP) is 4.89. The fraction of sp³-hybridized carbons (Fsp3) is 0.364. The maximum absolute atomic E-state index is 11.1. The molecule has 1 aliphatic heterocycles. The van der Waals surface area contributed by atoms with Gasteiger partial charge in [0.25, 0.3) is 0 Å². The number of piperidine rings is 1. The highest BCUT2D eigenvalue weighted by Crippen LogP contribution is 2.41. The quantitative estimate of drug-likeness (QED) is 0.521. The highest BCUT2D eigenvalue weighted by Gasteiger charge is 2.32. The molecule has 5 rings (SSSR count). The van der Waals surface area contributed by atoms with Crippen molar-refractivity contribution in [1.82, 2.24) is 19.5 Å². The van der Waals surface area contributed by atoms with Crippen LogP contribution in [0.4, 0.5) is 0 Å². The molecule has 0 saturated carbocycles. The summed E-state index contributed by atoms with van der Waals surface area (Å²) in [6, 6.07) is 12.2. The molecule has 1 aliphatic rings. The highest BCUT2D eigenvalue weighted by atomic mass is 32.1. The second kappa shape index (κ2) is 7.31. The Labute approximate surface area is 173 Å². The van der Waals surface area contributed by atoms with E-state index >= 15 is 0 Å². The first kappa shape index (κ1) is 18.4. The van der Waals surface area contributed by atoms with Crippen LogP contribution < -0.4 is 0 Å². The van der Waals surface area contributed by atoms with E-state index in [0.717, 1.165) is 18.0 Å². The van der Waals surface area contributed by atoms with Crippen molar-refractivity contribution in [3.63, 3.8) is 0 Å². The van der Waals surface area contributed by atoms with Crippen molar-refractivity contribution in [1.29, 1.82) is 0 Å². The van der Waals surface area contributed by atoms with Crippen LogP contribution in [0.25, 0.3) is 16.5 Å². The molecule has 1 aromatic carbocycles. The number of furan rings is 1. The van der Waals surface area contributed by atoms with Crippen LogP contribution in [0.3, 0.4) is 0 Å². The molecular formula is C22H24N4O2S. The van der Waals surface area contributed by atoms with E-state index in [2.05, 4.69) is 53.1 Å². The van der Waals surface area contributed by atoms with Crippen LogP contribution in [-0.4, -0.2) is 37.7 Å². The zero-order valence-electron chi connectivity index (χ0n) is 16.6. The van der Waals surface area contributed by atoms with Crippen molar-refractivity contribution in [2.24, 2.45) is 5.92 Å². The van der Waals surface area contributed by atoms with Crippen molar-refractivity contribution < 1.29 is 9.52 Å². The molecule has 150 valence electrons. The summed E-state index contributed by atoms with van der Waals surface area (Å²) in [6.45, 7) is 6.44. The van der Waals surface area contributed by atoms with Crippen LogP contribution in [0.5, 0.6) is 5.88 Å². The molecule has 0 bridgehead atoms. The largest absolute Gasteiger partial charge is 0.492 e. The van der Waals surface area contributed by atoms with Gasteiger partial charge in [0, 0.05) is 6.54 Å². The Kier molecular flexibility index (Phi) is 4.64. The summed E-state index contributed by atoms with van der Waals surface area (Å²) >= 11 is 1.50. The number of rotatable bonds is 4. The third kappa shape index (κ3) is 3.34. The summed E-state index contributed by atoms with van der Waals surface area (Å²) in [4.78, 5) is 8.63. The second-order valence-electron chi connectivity index (χ2n) is 7.95. The zero-order chi connectivity index (χ0) is 20.0. The third-order valence-electron chi connectivity index (χ3n) is 5.64. The Hall–Kier alpha value is -2.64. The van der Waals surface area contributed by atoms with Gasteiger partial charge in [0.05, 0.1) is 17.2 Å². The lowest BCUT2D eigenvalue weighted by Gasteiger charge is -2.37. The molecule has 4 heterocycles. The van der Waals surface area contributed by atoms with Gasteiger partial charge in [-0.1, -0.05) is 48.1 Å². The van der Waals surface area contributed by atoms with E-state index in [1.807, 2.05) is 6.07 Å². The minimum absolute atomic E-state index is 0.00101. The van der Waals surface area contributed by atoms with E-state index in [4.69, 9.17) is 4.42 Å². The number of hydrogen-bond acceptors (Lipinski definition) is 6. The Morgan fingerprint density at radius 1 is 1.24 bits per heavy atom. The van der Waals surface area contributed by atoms with Gasteiger partial charge < -0.3 is 9.52 Å². The van der Waals surface area contributed by atoms with Crippen molar-refractivity contribution in [3.8, 4) is 17.5 Å². The van der Waals surface area contributed by atoms with Crippen molar-refractivity contribution in [2.75, 3.05) is 13.1 Å².